The van der Waals surface area contributed by atoms with Gasteiger partial charge < -0.3 is 11.1 Å². The van der Waals surface area contributed by atoms with Gasteiger partial charge in [-0.25, -0.2) is 0 Å². The van der Waals surface area contributed by atoms with Gasteiger partial charge in [-0.15, -0.1) is 0 Å². The van der Waals surface area contributed by atoms with E-state index in [1.54, 1.807) is 0 Å². The minimum atomic E-state index is -4.52. The molecule has 0 rings (SSSR count). The normalized spacial score (nSPS) is 13.7. The van der Waals surface area contributed by atoms with Gasteiger partial charge >= 0.3 is 6.18 Å². The molecule has 0 unspecified atom stereocenters. The topological polar surface area (TPSA) is 38.0 Å². The summed E-state index contributed by atoms with van der Waals surface area (Å²) in [6.07, 6.45) is -4.52. The van der Waals surface area contributed by atoms with E-state index in [1.807, 2.05) is 0 Å². The zero-order valence-corrected chi connectivity index (χ0v) is 7.76. The molecule has 3 N–H and O–H groups in total. The summed E-state index contributed by atoms with van der Waals surface area (Å²) in [7, 11) is 1.44. The monoisotopic (exact) mass is 214 g/mol. The Bertz CT molecular complexity index is 226. The van der Waals surface area contributed by atoms with Crippen LogP contribution in [0.1, 0.15) is 0 Å². The number of rotatable bonds is 3. The highest BCUT2D eigenvalue weighted by Crippen LogP contribution is 2.32. The molecular weight excluding hydrogens is 205 g/mol. The average molecular weight is 215 g/mol. The first kappa shape index (κ1) is 12.3. The molecule has 0 aliphatic heterocycles. The predicted molar refractivity (Wildman–Crippen MR) is 46.2 cm³/mol. The predicted octanol–water partition coefficient (Wildman–Crippen LogP) is 1.73. The summed E-state index contributed by atoms with van der Waals surface area (Å²) in [5.74, 6) is 0. The molecule has 0 aromatic heterocycles. The van der Waals surface area contributed by atoms with Crippen LogP contribution >= 0.6 is 11.6 Å². The summed E-state index contributed by atoms with van der Waals surface area (Å²) in [5.41, 5.74) is 4.17. The van der Waals surface area contributed by atoms with Crippen LogP contribution in [0.4, 0.5) is 13.2 Å². The summed E-state index contributed by atoms with van der Waals surface area (Å²) in [6.45, 7) is 2.74. The molecule has 0 radical (unpaired) electrons. The van der Waals surface area contributed by atoms with Crippen molar-refractivity contribution in [2.75, 3.05) is 13.6 Å². The second-order valence-corrected chi connectivity index (χ2v) is 2.60. The van der Waals surface area contributed by atoms with Crippen LogP contribution in [0.5, 0.6) is 0 Å². The van der Waals surface area contributed by atoms with Crippen molar-refractivity contribution in [3.8, 4) is 0 Å². The van der Waals surface area contributed by atoms with Crippen LogP contribution in [0.25, 0.3) is 0 Å². The molecule has 2 nitrogen and oxygen atoms in total. The number of nitrogens with two attached hydrogens (primary N) is 1. The molecular formula is C7H10ClF3N2. The first-order valence-corrected chi connectivity index (χ1v) is 3.75. The summed E-state index contributed by atoms with van der Waals surface area (Å²) in [4.78, 5) is 0. The Morgan fingerprint density at radius 1 is 1.54 bits per heavy atom. The molecule has 0 aliphatic carbocycles. The van der Waals surface area contributed by atoms with Gasteiger partial charge in [0.1, 0.15) is 0 Å². The van der Waals surface area contributed by atoms with E-state index in [2.05, 4.69) is 11.9 Å². The number of hydrogen-bond acceptors (Lipinski definition) is 2. The molecule has 0 heterocycles. The molecule has 0 spiro atoms. The number of nitrogens with one attached hydrogen (secondary N) is 1. The van der Waals surface area contributed by atoms with E-state index in [0.29, 0.717) is 0 Å². The highest BCUT2D eigenvalue weighted by Gasteiger charge is 2.34. The van der Waals surface area contributed by atoms with Crippen LogP contribution in [0.15, 0.2) is 22.9 Å². The van der Waals surface area contributed by atoms with Crippen LogP contribution in [0.2, 0.25) is 0 Å². The molecule has 76 valence electrons. The van der Waals surface area contributed by atoms with Crippen molar-refractivity contribution >= 4 is 11.6 Å². The molecule has 0 saturated heterocycles. The van der Waals surface area contributed by atoms with Gasteiger partial charge in [-0.2, -0.15) is 13.2 Å². The van der Waals surface area contributed by atoms with E-state index in [4.69, 9.17) is 17.3 Å². The molecule has 0 atom stereocenters. The van der Waals surface area contributed by atoms with Gasteiger partial charge in [0.05, 0.1) is 10.6 Å². The highest BCUT2D eigenvalue weighted by molar-refractivity contribution is 6.32. The highest BCUT2D eigenvalue weighted by atomic mass is 35.5. The van der Waals surface area contributed by atoms with Crippen molar-refractivity contribution < 1.29 is 13.2 Å². The van der Waals surface area contributed by atoms with Gasteiger partial charge in [-0.1, -0.05) is 18.2 Å². The maximum absolute atomic E-state index is 12.0. The minimum absolute atomic E-state index is 0.0928. The number of allylic oxidation sites excluding steroid dienone is 2. The molecule has 0 aliphatic rings. The van der Waals surface area contributed by atoms with Crippen LogP contribution < -0.4 is 11.1 Å². The third-order valence-electron chi connectivity index (χ3n) is 1.38. The first-order valence-electron chi connectivity index (χ1n) is 3.37. The fraction of sp³-hybridized carbons (Fsp3) is 0.429. The molecule has 0 saturated carbocycles. The fourth-order valence-electron chi connectivity index (χ4n) is 0.608. The number of hydrogen-bond donors (Lipinski definition) is 2. The third kappa shape index (κ3) is 3.28. The average Bonchev–Trinajstić information content (AvgIpc) is 2.03. The van der Waals surface area contributed by atoms with E-state index >= 15 is 0 Å². The molecule has 13 heavy (non-hydrogen) atoms. The quantitative estimate of drug-likeness (QED) is 0.703. The zero-order chi connectivity index (χ0) is 10.6. The lowest BCUT2D eigenvalue weighted by Crippen LogP contribution is -2.21. The maximum atomic E-state index is 12.0. The van der Waals surface area contributed by atoms with E-state index in [-0.39, 0.29) is 12.2 Å². The van der Waals surface area contributed by atoms with Crippen molar-refractivity contribution in [3.63, 3.8) is 0 Å². The molecule has 0 amide bonds. The van der Waals surface area contributed by atoms with Crippen molar-refractivity contribution in [1.29, 1.82) is 0 Å². The third-order valence-corrected chi connectivity index (χ3v) is 1.83. The Labute approximate surface area is 79.2 Å². The van der Waals surface area contributed by atoms with E-state index in [1.165, 1.54) is 7.05 Å². The van der Waals surface area contributed by atoms with Gasteiger partial charge in [0.2, 0.25) is 0 Å². The van der Waals surface area contributed by atoms with Gasteiger partial charge in [0.25, 0.3) is 0 Å². The van der Waals surface area contributed by atoms with Gasteiger partial charge in [0.15, 0.2) is 0 Å². The lowest BCUT2D eigenvalue weighted by Gasteiger charge is -2.12. The minimum Gasteiger partial charge on any atom is -0.389 e. The summed E-state index contributed by atoms with van der Waals surface area (Å²) >= 11 is 5.40. The van der Waals surface area contributed by atoms with Crippen molar-refractivity contribution in [2.24, 2.45) is 5.73 Å². The van der Waals surface area contributed by atoms with Gasteiger partial charge in [0, 0.05) is 19.3 Å². The second-order valence-electron chi connectivity index (χ2n) is 2.22. The van der Waals surface area contributed by atoms with Crippen LogP contribution in [0.3, 0.4) is 0 Å². The zero-order valence-electron chi connectivity index (χ0n) is 7.00. The Hall–Kier alpha value is -0.680. The Kier molecular flexibility index (Phi) is 4.29. The summed E-state index contributed by atoms with van der Waals surface area (Å²) < 4.78 is 36.1. The fourth-order valence-corrected chi connectivity index (χ4v) is 0.887. The number of halogens is 4. The maximum Gasteiger partial charge on any atom is 0.417 e. The largest absolute Gasteiger partial charge is 0.417 e. The van der Waals surface area contributed by atoms with Crippen LogP contribution in [-0.4, -0.2) is 19.8 Å². The second kappa shape index (κ2) is 4.53. The van der Waals surface area contributed by atoms with Crippen LogP contribution in [-0.2, 0) is 0 Å². The van der Waals surface area contributed by atoms with Gasteiger partial charge in [-0.05, 0) is 0 Å². The van der Waals surface area contributed by atoms with Gasteiger partial charge in [-0.3, -0.25) is 0 Å². The molecule has 0 bridgehead atoms. The van der Waals surface area contributed by atoms with E-state index < -0.39 is 16.8 Å². The molecule has 6 heteroatoms. The van der Waals surface area contributed by atoms with Crippen LogP contribution in [0, 0.1) is 0 Å². The summed E-state index contributed by atoms with van der Waals surface area (Å²) in [5, 5.41) is 1.99. The summed E-state index contributed by atoms with van der Waals surface area (Å²) in [6, 6.07) is 0. The molecule has 0 aromatic rings. The van der Waals surface area contributed by atoms with Crippen molar-refractivity contribution in [1.82, 2.24) is 5.32 Å². The number of alkyl halides is 3. The molecule has 0 aromatic carbocycles. The standard InChI is InChI=1S/C7H10ClF3N2/c1-4(7(9,10)11)6(8)5(3-12)13-2/h13H,1,3,12H2,2H3/b6-5+. The molecule has 0 fully saturated rings. The van der Waals surface area contributed by atoms with Crippen molar-refractivity contribution in [3.05, 3.63) is 22.9 Å². The Balaban J connectivity index is 4.87. The first-order chi connectivity index (χ1) is 5.84. The lowest BCUT2D eigenvalue weighted by molar-refractivity contribution is -0.0883. The van der Waals surface area contributed by atoms with E-state index in [9.17, 15) is 13.2 Å². The van der Waals surface area contributed by atoms with Crippen molar-refractivity contribution in [2.45, 2.75) is 6.18 Å². The Morgan fingerprint density at radius 2 is 2.00 bits per heavy atom. The number of likely N-dealkylation sites (N-methyl/N-ethyl adjacent to an activating group) is 1. The smallest absolute Gasteiger partial charge is 0.389 e. The van der Waals surface area contributed by atoms with E-state index in [0.717, 1.165) is 0 Å². The Morgan fingerprint density at radius 3 is 2.23 bits per heavy atom. The lowest BCUT2D eigenvalue weighted by atomic mass is 10.2. The SMILES string of the molecule is C=C(/C(Cl)=C(/CN)NC)C(F)(F)F.